The van der Waals surface area contributed by atoms with Gasteiger partial charge in [0.15, 0.2) is 0 Å². The van der Waals surface area contributed by atoms with Gasteiger partial charge in [-0.3, -0.25) is 9.59 Å². The fourth-order valence-corrected chi connectivity index (χ4v) is 3.80. The van der Waals surface area contributed by atoms with Gasteiger partial charge in [0.05, 0.1) is 18.2 Å². The second-order valence-corrected chi connectivity index (χ2v) is 7.39. The van der Waals surface area contributed by atoms with Gasteiger partial charge in [-0.25, -0.2) is 0 Å². The van der Waals surface area contributed by atoms with E-state index in [1.54, 1.807) is 19.2 Å². The number of amides is 1. The third-order valence-corrected chi connectivity index (χ3v) is 5.43. The fourth-order valence-electron chi connectivity index (χ4n) is 3.80. The number of nitrogens with zero attached hydrogens (tertiary/aromatic N) is 1. The Balaban J connectivity index is 2.06. The zero-order valence-electron chi connectivity index (χ0n) is 18.3. The van der Waals surface area contributed by atoms with Gasteiger partial charge < -0.3 is 19.5 Å². The van der Waals surface area contributed by atoms with Crippen molar-refractivity contribution in [1.82, 2.24) is 4.90 Å². The van der Waals surface area contributed by atoms with Crippen molar-refractivity contribution in [2.45, 2.75) is 32.7 Å². The molecule has 1 aliphatic rings. The maximum absolute atomic E-state index is 13.0. The highest BCUT2D eigenvalue weighted by atomic mass is 16.5. The van der Waals surface area contributed by atoms with Crippen molar-refractivity contribution in [2.24, 2.45) is 0 Å². The van der Waals surface area contributed by atoms with Crippen LogP contribution in [0.3, 0.4) is 0 Å². The van der Waals surface area contributed by atoms with Crippen LogP contribution in [0.2, 0.25) is 0 Å². The number of aliphatic hydroxyl groups is 1. The van der Waals surface area contributed by atoms with Crippen LogP contribution in [0.15, 0.2) is 54.1 Å². The Morgan fingerprint density at radius 1 is 1.03 bits per heavy atom. The Morgan fingerprint density at radius 2 is 1.71 bits per heavy atom. The standard InChI is InChI=1S/C25H29NO5/c1-4-17-7-9-19(10-8-17)23(27)21-22(18-11-13-20(14-12-18)31-5-2)26(15-6-16-30-3)25(29)24(21)28/h7-14,22,27H,4-6,15-16H2,1-3H3/b23-21-. The normalized spacial score (nSPS) is 17.9. The Morgan fingerprint density at radius 3 is 2.29 bits per heavy atom. The highest BCUT2D eigenvalue weighted by Gasteiger charge is 2.45. The van der Waals surface area contributed by atoms with Crippen LogP contribution in [0, 0.1) is 0 Å². The van der Waals surface area contributed by atoms with Gasteiger partial charge >= 0.3 is 0 Å². The van der Waals surface area contributed by atoms with E-state index < -0.39 is 17.7 Å². The third-order valence-electron chi connectivity index (χ3n) is 5.43. The summed E-state index contributed by atoms with van der Waals surface area (Å²) in [6.07, 6.45) is 1.46. The first-order valence-electron chi connectivity index (χ1n) is 10.6. The number of methoxy groups -OCH3 is 1. The lowest BCUT2D eigenvalue weighted by atomic mass is 9.95. The predicted octanol–water partition coefficient (Wildman–Crippen LogP) is 4.11. The molecule has 1 fully saturated rings. The van der Waals surface area contributed by atoms with E-state index in [2.05, 4.69) is 0 Å². The number of benzene rings is 2. The van der Waals surface area contributed by atoms with Crippen molar-refractivity contribution >= 4 is 17.4 Å². The molecule has 0 aromatic heterocycles. The molecule has 0 aliphatic carbocycles. The van der Waals surface area contributed by atoms with Gasteiger partial charge in [0, 0.05) is 25.8 Å². The van der Waals surface area contributed by atoms with Crippen molar-refractivity contribution in [1.29, 1.82) is 0 Å². The smallest absolute Gasteiger partial charge is 0.295 e. The van der Waals surface area contributed by atoms with Crippen LogP contribution in [0.1, 0.15) is 43.0 Å². The van der Waals surface area contributed by atoms with Crippen LogP contribution in [0.4, 0.5) is 0 Å². The summed E-state index contributed by atoms with van der Waals surface area (Å²) in [4.78, 5) is 27.4. The number of carbonyl (C=O) groups is 2. The minimum Gasteiger partial charge on any atom is -0.507 e. The molecular weight excluding hydrogens is 394 g/mol. The molecule has 1 N–H and O–H groups in total. The molecule has 31 heavy (non-hydrogen) atoms. The van der Waals surface area contributed by atoms with E-state index in [9.17, 15) is 14.7 Å². The molecule has 2 aromatic rings. The number of hydrogen-bond donors (Lipinski definition) is 1. The van der Waals surface area contributed by atoms with E-state index in [0.29, 0.717) is 37.5 Å². The zero-order valence-corrected chi connectivity index (χ0v) is 18.3. The molecule has 1 saturated heterocycles. The topological polar surface area (TPSA) is 76.1 Å². The van der Waals surface area contributed by atoms with Crippen molar-refractivity contribution < 1.29 is 24.2 Å². The van der Waals surface area contributed by atoms with Crippen LogP contribution >= 0.6 is 0 Å². The van der Waals surface area contributed by atoms with E-state index in [4.69, 9.17) is 9.47 Å². The molecule has 1 heterocycles. The predicted molar refractivity (Wildman–Crippen MR) is 119 cm³/mol. The van der Waals surface area contributed by atoms with Gasteiger partial charge in [-0.2, -0.15) is 0 Å². The Labute approximate surface area is 183 Å². The van der Waals surface area contributed by atoms with Crippen LogP contribution in [0.5, 0.6) is 5.75 Å². The molecule has 3 rings (SSSR count). The monoisotopic (exact) mass is 423 g/mol. The first-order chi connectivity index (χ1) is 15.0. The number of carbonyl (C=O) groups excluding carboxylic acids is 2. The highest BCUT2D eigenvalue weighted by Crippen LogP contribution is 2.39. The number of Topliss-reactive ketones (excluding diaryl/α,β-unsaturated/α-hetero) is 1. The molecule has 1 aliphatic heterocycles. The number of hydrogen-bond acceptors (Lipinski definition) is 5. The first-order valence-corrected chi connectivity index (χ1v) is 10.6. The lowest BCUT2D eigenvalue weighted by Crippen LogP contribution is -2.31. The fraction of sp³-hybridized carbons (Fsp3) is 0.360. The molecular formula is C25H29NO5. The van der Waals surface area contributed by atoms with Crippen molar-refractivity contribution in [3.8, 4) is 5.75 Å². The first kappa shape index (κ1) is 22.6. The maximum atomic E-state index is 13.0. The lowest BCUT2D eigenvalue weighted by molar-refractivity contribution is -0.140. The number of ether oxygens (including phenoxy) is 2. The van der Waals surface area contributed by atoms with Gasteiger partial charge in [0.1, 0.15) is 11.5 Å². The SMILES string of the molecule is CCOc1ccc(C2/C(=C(/O)c3ccc(CC)cc3)C(=O)C(=O)N2CCCOC)cc1. The average Bonchev–Trinajstić information content (AvgIpc) is 3.04. The van der Waals surface area contributed by atoms with Gasteiger partial charge in [-0.05, 0) is 43.0 Å². The molecule has 164 valence electrons. The van der Waals surface area contributed by atoms with E-state index in [-0.39, 0.29) is 11.3 Å². The van der Waals surface area contributed by atoms with Gasteiger partial charge in [-0.1, -0.05) is 43.3 Å². The summed E-state index contributed by atoms with van der Waals surface area (Å²) in [5, 5.41) is 11.1. The Hall–Kier alpha value is -3.12. The van der Waals surface area contributed by atoms with E-state index >= 15 is 0 Å². The van der Waals surface area contributed by atoms with Crippen LogP contribution in [-0.2, 0) is 20.7 Å². The van der Waals surface area contributed by atoms with Crippen molar-refractivity contribution in [2.75, 3.05) is 26.9 Å². The molecule has 6 nitrogen and oxygen atoms in total. The minimum absolute atomic E-state index is 0.107. The summed E-state index contributed by atoms with van der Waals surface area (Å²) in [6, 6.07) is 14.0. The van der Waals surface area contributed by atoms with Gasteiger partial charge in [0.25, 0.3) is 11.7 Å². The molecule has 0 bridgehead atoms. The molecule has 0 spiro atoms. The Kier molecular flexibility index (Phi) is 7.47. The van der Waals surface area contributed by atoms with Crippen LogP contribution in [0.25, 0.3) is 5.76 Å². The third kappa shape index (κ3) is 4.80. The molecule has 1 atom stereocenters. The van der Waals surface area contributed by atoms with Crippen LogP contribution < -0.4 is 4.74 Å². The van der Waals surface area contributed by atoms with E-state index in [0.717, 1.165) is 17.5 Å². The number of aryl methyl sites for hydroxylation is 1. The quantitative estimate of drug-likeness (QED) is 0.284. The molecule has 6 heteroatoms. The average molecular weight is 424 g/mol. The molecule has 0 radical (unpaired) electrons. The van der Waals surface area contributed by atoms with Crippen LogP contribution in [-0.4, -0.2) is 48.6 Å². The number of rotatable bonds is 9. The van der Waals surface area contributed by atoms with E-state index in [1.807, 2.05) is 50.2 Å². The van der Waals surface area contributed by atoms with Gasteiger partial charge in [-0.15, -0.1) is 0 Å². The largest absolute Gasteiger partial charge is 0.507 e. The second-order valence-electron chi connectivity index (χ2n) is 7.39. The van der Waals surface area contributed by atoms with Crippen molar-refractivity contribution in [3.05, 3.63) is 70.8 Å². The maximum Gasteiger partial charge on any atom is 0.295 e. The minimum atomic E-state index is -0.673. The number of ketones is 1. The second kappa shape index (κ2) is 10.3. The summed E-state index contributed by atoms with van der Waals surface area (Å²) in [5.41, 5.74) is 2.49. The molecule has 0 saturated carbocycles. The van der Waals surface area contributed by atoms with E-state index in [1.165, 1.54) is 4.90 Å². The highest BCUT2D eigenvalue weighted by molar-refractivity contribution is 6.46. The summed E-state index contributed by atoms with van der Waals surface area (Å²) in [5.74, 6) is -0.734. The summed E-state index contributed by atoms with van der Waals surface area (Å²) in [6.45, 7) is 5.32. The number of likely N-dealkylation sites (tertiary alicyclic amines) is 1. The molecule has 1 unspecified atom stereocenters. The lowest BCUT2D eigenvalue weighted by Gasteiger charge is -2.25. The van der Waals surface area contributed by atoms with Gasteiger partial charge in [0.2, 0.25) is 0 Å². The molecule has 1 amide bonds. The Bertz CT molecular complexity index is 947. The summed E-state index contributed by atoms with van der Waals surface area (Å²) >= 11 is 0. The van der Waals surface area contributed by atoms with Crippen molar-refractivity contribution in [3.63, 3.8) is 0 Å². The zero-order chi connectivity index (χ0) is 22.4. The summed E-state index contributed by atoms with van der Waals surface area (Å²) in [7, 11) is 1.60. The summed E-state index contributed by atoms with van der Waals surface area (Å²) < 4.78 is 10.6. The number of aliphatic hydroxyl groups excluding tert-OH is 1. The molecule has 2 aromatic carbocycles.